The molecule has 11 nitrogen and oxygen atoms in total. The van der Waals surface area contributed by atoms with E-state index in [1.165, 1.54) is 18.2 Å². The van der Waals surface area contributed by atoms with Crippen molar-refractivity contribution in [2.45, 2.75) is 90.9 Å². The van der Waals surface area contributed by atoms with Gasteiger partial charge < -0.3 is 19.5 Å². The van der Waals surface area contributed by atoms with Crippen molar-refractivity contribution in [3.63, 3.8) is 0 Å². The number of non-ortho nitro benzene ring substituents is 1. The van der Waals surface area contributed by atoms with Gasteiger partial charge in [0.05, 0.1) is 41.8 Å². The van der Waals surface area contributed by atoms with Gasteiger partial charge in [-0.1, -0.05) is 80.3 Å². The van der Waals surface area contributed by atoms with Crippen LogP contribution in [0.3, 0.4) is 0 Å². The Labute approximate surface area is 317 Å². The number of benzene rings is 2. The SMILES string of the molecule is CCOC(=O)C1=C(C)NC(C)=C(C(=O)OCCCCCCCCOC(=O)CCCC/C=C(\c2ccccc2)c2cccnc2)C1c1cccc([N+](=O)[O-])c1. The van der Waals surface area contributed by atoms with E-state index in [4.69, 9.17) is 14.2 Å². The van der Waals surface area contributed by atoms with Gasteiger partial charge in [-0.15, -0.1) is 0 Å². The number of unbranched alkanes of at least 4 members (excludes halogenated alkanes) is 7. The molecule has 0 radical (unpaired) electrons. The molecule has 1 atom stereocenters. The molecule has 2 aromatic carbocycles. The number of rotatable bonds is 21. The van der Waals surface area contributed by atoms with Gasteiger partial charge >= 0.3 is 17.9 Å². The van der Waals surface area contributed by atoms with E-state index in [1.807, 2.05) is 30.5 Å². The molecule has 1 N–H and O–H groups in total. The van der Waals surface area contributed by atoms with E-state index in [-0.39, 0.29) is 36.0 Å². The molecule has 0 fully saturated rings. The van der Waals surface area contributed by atoms with E-state index < -0.39 is 22.8 Å². The number of nitrogens with one attached hydrogen (secondary N) is 1. The normalized spacial score (nSPS) is 14.4. The first-order valence-corrected chi connectivity index (χ1v) is 18.8. The number of dihydropyridines is 1. The molecule has 0 saturated carbocycles. The fraction of sp³-hybridized carbons (Fsp3) is 0.395. The molecule has 0 aliphatic carbocycles. The number of nitro benzene ring substituents is 1. The van der Waals surface area contributed by atoms with Gasteiger partial charge in [0, 0.05) is 47.9 Å². The molecule has 1 unspecified atom stereocenters. The fourth-order valence-electron chi connectivity index (χ4n) is 6.51. The van der Waals surface area contributed by atoms with Crippen molar-refractivity contribution in [1.82, 2.24) is 10.3 Å². The predicted octanol–water partition coefficient (Wildman–Crippen LogP) is 8.91. The van der Waals surface area contributed by atoms with Gasteiger partial charge in [-0.3, -0.25) is 19.9 Å². The molecule has 3 aromatic rings. The van der Waals surface area contributed by atoms with Crippen LogP contribution in [0.4, 0.5) is 5.69 Å². The van der Waals surface area contributed by atoms with Crippen LogP contribution in [0.2, 0.25) is 0 Å². The van der Waals surface area contributed by atoms with E-state index in [1.54, 1.807) is 33.0 Å². The Balaban J connectivity index is 1.13. The van der Waals surface area contributed by atoms with Crippen LogP contribution in [0.5, 0.6) is 0 Å². The lowest BCUT2D eigenvalue weighted by Gasteiger charge is -2.30. The van der Waals surface area contributed by atoms with E-state index >= 15 is 0 Å². The minimum absolute atomic E-state index is 0.134. The van der Waals surface area contributed by atoms with Gasteiger partial charge in [0.1, 0.15) is 0 Å². The average Bonchev–Trinajstić information content (AvgIpc) is 3.17. The molecule has 0 spiro atoms. The number of hydrogen-bond donors (Lipinski definition) is 1. The maximum atomic E-state index is 13.5. The number of aromatic nitrogens is 1. The van der Waals surface area contributed by atoms with Crippen molar-refractivity contribution in [3.05, 3.63) is 135 Å². The summed E-state index contributed by atoms with van der Waals surface area (Å²) in [4.78, 5) is 54.1. The summed E-state index contributed by atoms with van der Waals surface area (Å²) < 4.78 is 16.4. The molecule has 2 heterocycles. The Morgan fingerprint density at radius 3 is 2.07 bits per heavy atom. The largest absolute Gasteiger partial charge is 0.466 e. The summed E-state index contributed by atoms with van der Waals surface area (Å²) in [5.74, 6) is -2.25. The number of hydrogen-bond acceptors (Lipinski definition) is 10. The van der Waals surface area contributed by atoms with Crippen LogP contribution in [0.1, 0.15) is 108 Å². The summed E-state index contributed by atoms with van der Waals surface area (Å²) in [5, 5.41) is 14.6. The fourth-order valence-corrected chi connectivity index (χ4v) is 6.51. The lowest BCUT2D eigenvalue weighted by atomic mass is 9.80. The number of pyridine rings is 1. The highest BCUT2D eigenvalue weighted by atomic mass is 16.6. The zero-order valence-corrected chi connectivity index (χ0v) is 31.5. The summed E-state index contributed by atoms with van der Waals surface area (Å²) in [7, 11) is 0. The Kier molecular flexibility index (Phi) is 16.6. The monoisotopic (exact) mass is 737 g/mol. The molecule has 1 aliphatic rings. The zero-order valence-electron chi connectivity index (χ0n) is 31.5. The van der Waals surface area contributed by atoms with E-state index in [2.05, 4.69) is 34.6 Å². The van der Waals surface area contributed by atoms with Crippen molar-refractivity contribution in [3.8, 4) is 0 Å². The van der Waals surface area contributed by atoms with E-state index in [0.717, 1.165) is 68.1 Å². The number of ether oxygens (including phenoxy) is 3. The molecule has 0 bridgehead atoms. The van der Waals surface area contributed by atoms with Gasteiger partial charge in [0.25, 0.3) is 5.69 Å². The van der Waals surface area contributed by atoms with Crippen molar-refractivity contribution in [2.24, 2.45) is 0 Å². The van der Waals surface area contributed by atoms with Crippen molar-refractivity contribution in [2.75, 3.05) is 19.8 Å². The molecule has 0 amide bonds. The van der Waals surface area contributed by atoms with E-state index in [0.29, 0.717) is 36.4 Å². The molecular formula is C43H51N3O8. The summed E-state index contributed by atoms with van der Waals surface area (Å²) in [5.41, 5.74) is 5.08. The minimum atomic E-state index is -0.889. The topological polar surface area (TPSA) is 147 Å². The first-order chi connectivity index (χ1) is 26.2. The number of carbonyl (C=O) groups is 3. The van der Waals surface area contributed by atoms with Crippen LogP contribution in [0, 0.1) is 10.1 Å². The Bertz CT molecular complexity index is 1780. The smallest absolute Gasteiger partial charge is 0.336 e. The second-order valence-corrected chi connectivity index (χ2v) is 13.2. The maximum Gasteiger partial charge on any atom is 0.336 e. The van der Waals surface area contributed by atoms with Crippen LogP contribution < -0.4 is 5.32 Å². The summed E-state index contributed by atoms with van der Waals surface area (Å²) in [6.07, 6.45) is 13.9. The number of esters is 3. The van der Waals surface area contributed by atoms with Gasteiger partial charge in [-0.2, -0.15) is 0 Å². The van der Waals surface area contributed by atoms with Crippen molar-refractivity contribution >= 4 is 29.2 Å². The van der Waals surface area contributed by atoms with Crippen LogP contribution >= 0.6 is 0 Å². The number of nitro groups is 1. The average molecular weight is 738 g/mol. The van der Waals surface area contributed by atoms with Crippen LogP contribution in [0.15, 0.2) is 108 Å². The predicted molar refractivity (Wildman–Crippen MR) is 207 cm³/mol. The molecule has 54 heavy (non-hydrogen) atoms. The molecule has 286 valence electrons. The molecule has 1 aromatic heterocycles. The van der Waals surface area contributed by atoms with Crippen molar-refractivity contribution < 1.29 is 33.5 Å². The van der Waals surface area contributed by atoms with Gasteiger partial charge in [-0.25, -0.2) is 9.59 Å². The van der Waals surface area contributed by atoms with Crippen LogP contribution in [0.25, 0.3) is 5.57 Å². The third-order valence-corrected chi connectivity index (χ3v) is 9.17. The quantitative estimate of drug-likeness (QED) is 0.0370. The van der Waals surface area contributed by atoms with Crippen LogP contribution in [-0.2, 0) is 28.6 Å². The van der Waals surface area contributed by atoms with Crippen molar-refractivity contribution in [1.29, 1.82) is 0 Å². The third-order valence-electron chi connectivity index (χ3n) is 9.17. The lowest BCUT2D eigenvalue weighted by Crippen LogP contribution is -2.32. The van der Waals surface area contributed by atoms with Crippen LogP contribution in [-0.4, -0.2) is 47.6 Å². The third kappa shape index (κ3) is 12.2. The first kappa shape index (κ1) is 41.2. The second kappa shape index (κ2) is 21.8. The number of nitrogens with zero attached hydrogens (tertiary/aromatic N) is 2. The minimum Gasteiger partial charge on any atom is -0.466 e. The highest BCUT2D eigenvalue weighted by Gasteiger charge is 2.38. The van der Waals surface area contributed by atoms with E-state index in [9.17, 15) is 24.5 Å². The molecular weight excluding hydrogens is 686 g/mol. The Morgan fingerprint density at radius 2 is 1.43 bits per heavy atom. The first-order valence-electron chi connectivity index (χ1n) is 18.8. The Morgan fingerprint density at radius 1 is 0.778 bits per heavy atom. The van der Waals surface area contributed by atoms with Gasteiger partial charge in [0.15, 0.2) is 0 Å². The maximum absolute atomic E-state index is 13.5. The van der Waals surface area contributed by atoms with Gasteiger partial charge in [0.2, 0.25) is 0 Å². The highest BCUT2D eigenvalue weighted by molar-refractivity contribution is 6.00. The molecule has 1 aliphatic heterocycles. The Hall–Kier alpha value is -5.58. The second-order valence-electron chi connectivity index (χ2n) is 13.2. The lowest BCUT2D eigenvalue weighted by molar-refractivity contribution is -0.384. The highest BCUT2D eigenvalue weighted by Crippen LogP contribution is 2.40. The molecule has 0 saturated heterocycles. The summed E-state index contributed by atoms with van der Waals surface area (Å²) in [6.45, 7) is 5.85. The molecule has 11 heteroatoms. The molecule has 4 rings (SSSR count). The summed E-state index contributed by atoms with van der Waals surface area (Å²) >= 11 is 0. The standard InChI is InChI=1S/C43H51N3O8/c1-4-52-42(48)39-31(2)45-32(3)40(41(39)34-21-17-23-36(29-34)46(50)51)43(49)54-28-16-8-6-5-7-15-27-53-38(47)25-14-10-13-24-37(33-19-11-9-12-20-33)35-22-18-26-44-30-35/h9,11-12,17-24,26,29-30,41,45H,4-8,10,13-16,25,27-28H2,1-3H3/b37-24+. The number of allylic oxidation sites excluding steroid dienone is 3. The summed E-state index contributed by atoms with van der Waals surface area (Å²) in [6, 6.07) is 20.2. The number of carbonyl (C=O) groups excluding carboxylic acids is 3. The zero-order chi connectivity index (χ0) is 38.7. The van der Waals surface area contributed by atoms with Gasteiger partial charge in [-0.05, 0) is 75.6 Å².